The van der Waals surface area contributed by atoms with Gasteiger partial charge in [-0.2, -0.15) is 5.10 Å². The van der Waals surface area contributed by atoms with Crippen molar-refractivity contribution in [1.29, 1.82) is 0 Å². The van der Waals surface area contributed by atoms with Crippen LogP contribution in [0.1, 0.15) is 26.3 Å². The molecule has 1 amide bonds. The van der Waals surface area contributed by atoms with E-state index in [0.717, 1.165) is 0 Å². The van der Waals surface area contributed by atoms with E-state index >= 15 is 0 Å². The summed E-state index contributed by atoms with van der Waals surface area (Å²) in [4.78, 5) is 25.2. The first-order valence-corrected chi connectivity index (χ1v) is 7.27. The number of aromatic amines is 1. The summed E-state index contributed by atoms with van der Waals surface area (Å²) in [5.74, 6) is 0.0713. The normalized spacial score (nSPS) is 10.2. The Kier molecular flexibility index (Phi) is 4.38. The highest BCUT2D eigenvalue weighted by atomic mass is 16.5. The number of methoxy groups -OCH3 is 1. The van der Waals surface area contributed by atoms with Crippen molar-refractivity contribution in [2.24, 2.45) is 0 Å². The Balaban J connectivity index is 1.90. The standard InChI is InChI=1S/C18H15N3O3/c1-24-14-8-6-12(7-9-14)17(22)15-4-2-3-5-16(15)18(23)21-13-10-19-20-11-13/h2-11H,1H3,(H,19,20)(H,21,23). The van der Waals surface area contributed by atoms with Gasteiger partial charge >= 0.3 is 0 Å². The average molecular weight is 321 g/mol. The van der Waals surface area contributed by atoms with Gasteiger partial charge in [-0.1, -0.05) is 18.2 Å². The molecule has 6 nitrogen and oxygen atoms in total. The van der Waals surface area contributed by atoms with Crippen LogP contribution in [-0.4, -0.2) is 29.0 Å². The van der Waals surface area contributed by atoms with Gasteiger partial charge in [0.05, 0.1) is 24.6 Å². The highest BCUT2D eigenvalue weighted by Crippen LogP contribution is 2.18. The van der Waals surface area contributed by atoms with E-state index in [1.54, 1.807) is 61.8 Å². The molecule has 0 unspecified atom stereocenters. The SMILES string of the molecule is COc1ccc(C(=O)c2ccccc2C(=O)Nc2cn[nH]c2)cc1. The number of anilines is 1. The Labute approximate surface area is 138 Å². The van der Waals surface area contributed by atoms with Crippen LogP contribution in [0.3, 0.4) is 0 Å². The van der Waals surface area contributed by atoms with Crippen LogP contribution in [0.4, 0.5) is 5.69 Å². The molecule has 3 aromatic rings. The minimum absolute atomic E-state index is 0.226. The number of nitrogens with zero attached hydrogens (tertiary/aromatic N) is 1. The lowest BCUT2D eigenvalue weighted by Crippen LogP contribution is -2.16. The highest BCUT2D eigenvalue weighted by molar-refractivity contribution is 6.17. The number of H-pyrrole nitrogens is 1. The Morgan fingerprint density at radius 3 is 2.38 bits per heavy atom. The third-order valence-electron chi connectivity index (χ3n) is 3.52. The zero-order valence-corrected chi connectivity index (χ0v) is 12.9. The van der Waals surface area contributed by atoms with Crippen LogP contribution in [-0.2, 0) is 0 Å². The molecule has 6 heteroatoms. The quantitative estimate of drug-likeness (QED) is 0.708. The van der Waals surface area contributed by atoms with Crippen LogP contribution in [0, 0.1) is 0 Å². The summed E-state index contributed by atoms with van der Waals surface area (Å²) in [6, 6.07) is 13.5. The Morgan fingerprint density at radius 2 is 1.75 bits per heavy atom. The number of carbonyl (C=O) groups excluding carboxylic acids is 2. The van der Waals surface area contributed by atoms with E-state index in [0.29, 0.717) is 28.1 Å². The van der Waals surface area contributed by atoms with Crippen molar-refractivity contribution in [2.45, 2.75) is 0 Å². The number of hydrogen-bond donors (Lipinski definition) is 2. The molecule has 0 aliphatic heterocycles. The summed E-state index contributed by atoms with van der Waals surface area (Å²) < 4.78 is 5.09. The van der Waals surface area contributed by atoms with Crippen LogP contribution in [0.5, 0.6) is 5.75 Å². The number of amides is 1. The van der Waals surface area contributed by atoms with Crippen molar-refractivity contribution in [3.8, 4) is 5.75 Å². The summed E-state index contributed by atoms with van der Waals surface area (Å²) in [7, 11) is 1.56. The second-order valence-electron chi connectivity index (χ2n) is 5.04. The molecule has 0 aliphatic rings. The van der Waals surface area contributed by atoms with E-state index < -0.39 is 0 Å². The van der Waals surface area contributed by atoms with Gasteiger partial charge in [0.15, 0.2) is 5.78 Å². The first-order valence-electron chi connectivity index (χ1n) is 7.27. The second-order valence-corrected chi connectivity index (χ2v) is 5.04. The molecular weight excluding hydrogens is 306 g/mol. The van der Waals surface area contributed by atoms with E-state index in [9.17, 15) is 9.59 Å². The Hall–Kier alpha value is -3.41. The molecule has 120 valence electrons. The zero-order chi connectivity index (χ0) is 16.9. The molecule has 1 heterocycles. The molecule has 0 atom stereocenters. The topological polar surface area (TPSA) is 84.1 Å². The zero-order valence-electron chi connectivity index (χ0n) is 12.9. The summed E-state index contributed by atoms with van der Waals surface area (Å²) >= 11 is 0. The molecule has 0 fully saturated rings. The van der Waals surface area contributed by atoms with Crippen LogP contribution in [0.2, 0.25) is 0 Å². The van der Waals surface area contributed by atoms with Crippen LogP contribution < -0.4 is 10.1 Å². The smallest absolute Gasteiger partial charge is 0.256 e. The number of carbonyl (C=O) groups is 2. The fraction of sp³-hybridized carbons (Fsp3) is 0.0556. The summed E-state index contributed by atoms with van der Waals surface area (Å²) in [6.45, 7) is 0. The number of nitrogens with one attached hydrogen (secondary N) is 2. The van der Waals surface area contributed by atoms with Gasteiger partial charge in [-0.3, -0.25) is 14.7 Å². The number of benzene rings is 2. The van der Waals surface area contributed by atoms with Crippen molar-refractivity contribution < 1.29 is 14.3 Å². The maximum absolute atomic E-state index is 12.7. The second kappa shape index (κ2) is 6.78. The first kappa shape index (κ1) is 15.5. The molecule has 0 saturated heterocycles. The van der Waals surface area contributed by atoms with E-state index in [4.69, 9.17) is 4.74 Å². The van der Waals surface area contributed by atoms with Crippen molar-refractivity contribution in [3.63, 3.8) is 0 Å². The third-order valence-corrected chi connectivity index (χ3v) is 3.52. The van der Waals surface area contributed by atoms with Gasteiger partial charge in [0.25, 0.3) is 5.91 Å². The van der Waals surface area contributed by atoms with E-state index in [-0.39, 0.29) is 11.7 Å². The predicted octanol–water partition coefficient (Wildman–Crippen LogP) is 2.90. The van der Waals surface area contributed by atoms with Crippen LogP contribution in [0.15, 0.2) is 60.9 Å². The molecule has 2 aromatic carbocycles. The molecule has 0 bridgehead atoms. The Morgan fingerprint density at radius 1 is 1.04 bits per heavy atom. The molecule has 3 rings (SSSR count). The van der Waals surface area contributed by atoms with Gasteiger partial charge in [-0.15, -0.1) is 0 Å². The van der Waals surface area contributed by atoms with Gasteiger partial charge in [0.1, 0.15) is 5.75 Å². The lowest BCUT2D eigenvalue weighted by molar-refractivity contribution is 0.0996. The largest absolute Gasteiger partial charge is 0.497 e. The minimum atomic E-state index is -0.367. The molecule has 0 spiro atoms. The third kappa shape index (κ3) is 3.17. The maximum Gasteiger partial charge on any atom is 0.256 e. The average Bonchev–Trinajstić information content (AvgIpc) is 3.14. The molecular formula is C18H15N3O3. The number of aromatic nitrogens is 2. The molecule has 24 heavy (non-hydrogen) atoms. The molecule has 1 aromatic heterocycles. The monoisotopic (exact) mass is 321 g/mol. The minimum Gasteiger partial charge on any atom is -0.497 e. The number of ether oxygens (including phenoxy) is 1. The molecule has 0 radical (unpaired) electrons. The molecule has 2 N–H and O–H groups in total. The molecule has 0 saturated carbocycles. The summed E-state index contributed by atoms with van der Waals surface area (Å²) in [6.07, 6.45) is 3.05. The number of hydrogen-bond acceptors (Lipinski definition) is 4. The van der Waals surface area contributed by atoms with Crippen molar-refractivity contribution in [2.75, 3.05) is 12.4 Å². The highest BCUT2D eigenvalue weighted by Gasteiger charge is 2.18. The van der Waals surface area contributed by atoms with Gasteiger partial charge in [-0.25, -0.2) is 0 Å². The van der Waals surface area contributed by atoms with E-state index in [1.165, 1.54) is 6.20 Å². The van der Waals surface area contributed by atoms with Crippen molar-refractivity contribution in [3.05, 3.63) is 77.6 Å². The summed E-state index contributed by atoms with van der Waals surface area (Å²) in [5.41, 5.74) is 1.66. The van der Waals surface area contributed by atoms with Gasteiger partial charge in [0.2, 0.25) is 0 Å². The lowest BCUT2D eigenvalue weighted by atomic mass is 9.98. The van der Waals surface area contributed by atoms with Gasteiger partial charge < -0.3 is 10.1 Å². The van der Waals surface area contributed by atoms with Crippen LogP contribution >= 0.6 is 0 Å². The van der Waals surface area contributed by atoms with Gasteiger partial charge in [0, 0.05) is 17.3 Å². The van der Waals surface area contributed by atoms with E-state index in [1.807, 2.05) is 0 Å². The lowest BCUT2D eigenvalue weighted by Gasteiger charge is -2.09. The fourth-order valence-corrected chi connectivity index (χ4v) is 2.29. The Bertz CT molecular complexity index is 855. The van der Waals surface area contributed by atoms with Gasteiger partial charge in [-0.05, 0) is 30.3 Å². The number of rotatable bonds is 5. The van der Waals surface area contributed by atoms with E-state index in [2.05, 4.69) is 15.5 Å². The number of ketones is 1. The first-order chi connectivity index (χ1) is 11.7. The van der Waals surface area contributed by atoms with Crippen molar-refractivity contribution >= 4 is 17.4 Å². The maximum atomic E-state index is 12.7. The predicted molar refractivity (Wildman–Crippen MR) is 89.4 cm³/mol. The van der Waals surface area contributed by atoms with Crippen molar-refractivity contribution in [1.82, 2.24) is 10.2 Å². The fourth-order valence-electron chi connectivity index (χ4n) is 2.29. The van der Waals surface area contributed by atoms with Crippen LogP contribution in [0.25, 0.3) is 0 Å². The summed E-state index contributed by atoms with van der Waals surface area (Å²) in [5, 5.41) is 9.09. The molecule has 0 aliphatic carbocycles.